The van der Waals surface area contributed by atoms with Crippen LogP contribution in [0.1, 0.15) is 61.7 Å². The number of nitrogens with one attached hydrogen (secondary N) is 1. The zero-order chi connectivity index (χ0) is 18.4. The molecule has 1 aromatic rings. The Morgan fingerprint density at radius 3 is 2.27 bits per heavy atom. The predicted molar refractivity (Wildman–Crippen MR) is 104 cm³/mol. The van der Waals surface area contributed by atoms with Crippen molar-refractivity contribution in [2.45, 2.75) is 57.4 Å². The average molecular weight is 357 g/mol. The van der Waals surface area contributed by atoms with Crippen molar-refractivity contribution in [2.24, 2.45) is 0 Å². The molecule has 3 rings (SSSR count). The molecule has 0 spiro atoms. The van der Waals surface area contributed by atoms with Crippen LogP contribution >= 0.6 is 0 Å². The molecule has 1 aromatic carbocycles. The van der Waals surface area contributed by atoms with Gasteiger partial charge in [0.05, 0.1) is 6.54 Å². The van der Waals surface area contributed by atoms with Crippen LogP contribution in [0.15, 0.2) is 24.3 Å². The van der Waals surface area contributed by atoms with Crippen molar-refractivity contribution < 1.29 is 9.59 Å². The van der Waals surface area contributed by atoms with E-state index in [0.29, 0.717) is 18.2 Å². The summed E-state index contributed by atoms with van der Waals surface area (Å²) >= 11 is 0. The van der Waals surface area contributed by atoms with Gasteiger partial charge in [-0.25, -0.2) is 0 Å². The number of benzene rings is 1. The van der Waals surface area contributed by atoms with Crippen LogP contribution in [0, 0.1) is 0 Å². The molecular formula is C21H31N3O2. The number of anilines is 1. The van der Waals surface area contributed by atoms with E-state index in [-0.39, 0.29) is 11.8 Å². The Labute approximate surface area is 156 Å². The molecule has 2 aliphatic rings. The number of rotatable bonds is 5. The molecule has 0 atom stereocenters. The van der Waals surface area contributed by atoms with E-state index in [9.17, 15) is 9.59 Å². The highest BCUT2D eigenvalue weighted by atomic mass is 16.2. The summed E-state index contributed by atoms with van der Waals surface area (Å²) in [6.07, 6.45) is 9.63. The Kier molecular flexibility index (Phi) is 6.67. The summed E-state index contributed by atoms with van der Waals surface area (Å²) in [7, 11) is 2.04. The fraction of sp³-hybridized carbons (Fsp3) is 0.619. The normalized spacial score (nSPS) is 18.8. The van der Waals surface area contributed by atoms with Crippen LogP contribution < -0.4 is 5.32 Å². The fourth-order valence-corrected chi connectivity index (χ4v) is 4.05. The molecule has 5 nitrogen and oxygen atoms in total. The van der Waals surface area contributed by atoms with E-state index in [1.165, 1.54) is 38.5 Å². The summed E-state index contributed by atoms with van der Waals surface area (Å²) in [5, 5.41) is 2.95. The van der Waals surface area contributed by atoms with E-state index in [0.717, 1.165) is 31.6 Å². The zero-order valence-corrected chi connectivity index (χ0v) is 15.9. The first-order valence-corrected chi connectivity index (χ1v) is 10.0. The van der Waals surface area contributed by atoms with Gasteiger partial charge in [0.15, 0.2) is 0 Å². The first-order valence-electron chi connectivity index (χ1n) is 10.0. The quantitative estimate of drug-likeness (QED) is 0.877. The molecule has 1 saturated heterocycles. The van der Waals surface area contributed by atoms with Crippen molar-refractivity contribution in [3.63, 3.8) is 0 Å². The molecule has 0 aromatic heterocycles. The number of likely N-dealkylation sites (tertiary alicyclic amines) is 1. The minimum atomic E-state index is 0.00757. The lowest BCUT2D eigenvalue weighted by molar-refractivity contribution is -0.117. The molecule has 5 heteroatoms. The Morgan fingerprint density at radius 2 is 1.62 bits per heavy atom. The second-order valence-electron chi connectivity index (χ2n) is 7.69. The third kappa shape index (κ3) is 5.07. The van der Waals surface area contributed by atoms with Gasteiger partial charge in [0, 0.05) is 30.4 Å². The summed E-state index contributed by atoms with van der Waals surface area (Å²) in [6, 6.07) is 7.82. The fourth-order valence-electron chi connectivity index (χ4n) is 4.05. The van der Waals surface area contributed by atoms with Crippen LogP contribution in [0.5, 0.6) is 0 Å². The number of nitrogens with zero attached hydrogens (tertiary/aromatic N) is 2. The van der Waals surface area contributed by atoms with Crippen LogP contribution in [-0.2, 0) is 4.79 Å². The lowest BCUT2D eigenvalue weighted by Gasteiger charge is -2.30. The molecule has 142 valence electrons. The molecule has 0 bridgehead atoms. The van der Waals surface area contributed by atoms with Gasteiger partial charge in [0.1, 0.15) is 0 Å². The summed E-state index contributed by atoms with van der Waals surface area (Å²) in [4.78, 5) is 28.9. The van der Waals surface area contributed by atoms with Gasteiger partial charge < -0.3 is 10.2 Å². The zero-order valence-electron chi connectivity index (χ0n) is 15.9. The van der Waals surface area contributed by atoms with Gasteiger partial charge in [-0.3, -0.25) is 14.5 Å². The van der Waals surface area contributed by atoms with Crippen molar-refractivity contribution >= 4 is 17.5 Å². The second kappa shape index (κ2) is 9.17. The van der Waals surface area contributed by atoms with Crippen molar-refractivity contribution in [2.75, 3.05) is 32.0 Å². The lowest BCUT2D eigenvalue weighted by atomic mass is 9.94. The monoisotopic (exact) mass is 357 g/mol. The summed E-state index contributed by atoms with van der Waals surface area (Å²) in [6.45, 7) is 2.12. The molecule has 1 N–H and O–H groups in total. The van der Waals surface area contributed by atoms with Crippen LogP contribution in [0.25, 0.3) is 0 Å². The average Bonchev–Trinajstić information content (AvgIpc) is 2.69. The molecule has 26 heavy (non-hydrogen) atoms. The number of likely N-dealkylation sites (N-methyl/N-ethyl adjacent to an activating group) is 1. The van der Waals surface area contributed by atoms with Gasteiger partial charge in [-0.05, 0) is 63.4 Å². The van der Waals surface area contributed by atoms with Gasteiger partial charge in [-0.2, -0.15) is 0 Å². The summed E-state index contributed by atoms with van der Waals surface area (Å²) in [5.41, 5.74) is 1.45. The van der Waals surface area contributed by atoms with Crippen molar-refractivity contribution in [1.82, 2.24) is 9.80 Å². The van der Waals surface area contributed by atoms with E-state index in [2.05, 4.69) is 10.2 Å². The predicted octanol–water partition coefficient (Wildman–Crippen LogP) is 3.52. The third-order valence-corrected chi connectivity index (χ3v) is 5.65. The molecule has 1 aliphatic heterocycles. The molecule has 0 radical (unpaired) electrons. The minimum Gasteiger partial charge on any atom is -0.339 e. The maximum Gasteiger partial charge on any atom is 0.253 e. The highest BCUT2D eigenvalue weighted by Gasteiger charge is 2.20. The first-order chi connectivity index (χ1) is 12.6. The number of carbonyl (C=O) groups excluding carboxylic acids is 2. The second-order valence-corrected chi connectivity index (χ2v) is 7.69. The summed E-state index contributed by atoms with van der Waals surface area (Å²) in [5.74, 6) is 0.104. The van der Waals surface area contributed by atoms with Gasteiger partial charge in [0.2, 0.25) is 5.91 Å². The maximum absolute atomic E-state index is 12.5. The van der Waals surface area contributed by atoms with E-state index >= 15 is 0 Å². The van der Waals surface area contributed by atoms with Gasteiger partial charge in [0.25, 0.3) is 5.91 Å². The largest absolute Gasteiger partial charge is 0.339 e. The van der Waals surface area contributed by atoms with Crippen LogP contribution in [0.3, 0.4) is 0 Å². The number of hydrogen-bond acceptors (Lipinski definition) is 3. The molecule has 0 unspecified atom stereocenters. The Balaban J connectivity index is 1.50. The van der Waals surface area contributed by atoms with Gasteiger partial charge >= 0.3 is 0 Å². The Bertz CT molecular complexity index is 602. The highest BCUT2D eigenvalue weighted by molar-refractivity contribution is 5.96. The third-order valence-electron chi connectivity index (χ3n) is 5.65. The molecule has 1 saturated carbocycles. The molecule has 1 heterocycles. The van der Waals surface area contributed by atoms with Crippen LogP contribution in [0.4, 0.5) is 5.69 Å². The van der Waals surface area contributed by atoms with Crippen LogP contribution in [0.2, 0.25) is 0 Å². The smallest absolute Gasteiger partial charge is 0.253 e. The van der Waals surface area contributed by atoms with Gasteiger partial charge in [-0.15, -0.1) is 0 Å². The van der Waals surface area contributed by atoms with E-state index < -0.39 is 0 Å². The topological polar surface area (TPSA) is 52.7 Å². The van der Waals surface area contributed by atoms with Crippen molar-refractivity contribution in [1.29, 1.82) is 0 Å². The lowest BCUT2D eigenvalue weighted by Crippen LogP contribution is -2.39. The maximum atomic E-state index is 12.5. The van der Waals surface area contributed by atoms with Crippen molar-refractivity contribution in [3.05, 3.63) is 29.8 Å². The van der Waals surface area contributed by atoms with E-state index in [4.69, 9.17) is 0 Å². The SMILES string of the molecule is CN(CC(=O)Nc1ccc(C(=O)N2CCCCC2)cc1)C1CCCCC1. The molecular weight excluding hydrogens is 326 g/mol. The Hall–Kier alpha value is -1.88. The first kappa shape index (κ1) is 18.9. The number of hydrogen-bond donors (Lipinski definition) is 1. The van der Waals surface area contributed by atoms with E-state index in [1.54, 1.807) is 0 Å². The standard InChI is InChI=1S/C21H31N3O2/c1-23(19-8-4-2-5-9-19)16-20(25)22-18-12-10-17(11-13-18)21(26)24-14-6-3-7-15-24/h10-13,19H,2-9,14-16H2,1H3,(H,22,25). The minimum absolute atomic E-state index is 0.00757. The number of carbonyl (C=O) groups is 2. The molecule has 1 aliphatic carbocycles. The van der Waals surface area contributed by atoms with Crippen LogP contribution in [-0.4, -0.2) is 54.3 Å². The number of piperidine rings is 1. The van der Waals surface area contributed by atoms with Gasteiger partial charge in [-0.1, -0.05) is 19.3 Å². The summed E-state index contributed by atoms with van der Waals surface area (Å²) < 4.78 is 0. The molecule has 2 amide bonds. The number of amides is 2. The van der Waals surface area contributed by atoms with Crippen molar-refractivity contribution in [3.8, 4) is 0 Å². The molecule has 2 fully saturated rings. The Morgan fingerprint density at radius 1 is 1.00 bits per heavy atom. The van der Waals surface area contributed by atoms with E-state index in [1.807, 2.05) is 36.2 Å². The highest BCUT2D eigenvalue weighted by Crippen LogP contribution is 2.21.